The van der Waals surface area contributed by atoms with Crippen molar-refractivity contribution in [3.8, 4) is 6.07 Å². The largest absolute Gasteiger partial charge is 0.348 e. The van der Waals surface area contributed by atoms with Crippen LogP contribution in [0.5, 0.6) is 0 Å². The van der Waals surface area contributed by atoms with E-state index in [9.17, 15) is 5.26 Å². The number of nitrogens with zero attached hydrogens (tertiary/aromatic N) is 3. The molecule has 5 nitrogen and oxygen atoms in total. The van der Waals surface area contributed by atoms with Gasteiger partial charge in [-0.1, -0.05) is 12.1 Å². The molecule has 2 N–H and O–H groups in total. The minimum absolute atomic E-state index is 0.464. The van der Waals surface area contributed by atoms with Crippen LogP contribution in [-0.4, -0.2) is 19.9 Å². The zero-order chi connectivity index (χ0) is 13.2. The Morgan fingerprint density at radius 2 is 2.21 bits per heavy atom. The molecule has 0 saturated heterocycles. The standard InChI is InChI=1S/C14H11N5/c1-9-13(17-8-16-9)6-10(7-15)14-18-11-4-2-3-5-12(11)19-14/h2-6,8H,1H3,(H,16,17)(H,18,19). The van der Waals surface area contributed by atoms with Crippen LogP contribution in [0, 0.1) is 18.3 Å². The molecule has 1 aromatic carbocycles. The van der Waals surface area contributed by atoms with Crippen molar-refractivity contribution >= 4 is 22.7 Å². The number of para-hydroxylation sites is 2. The van der Waals surface area contributed by atoms with E-state index in [0.717, 1.165) is 22.4 Å². The Hall–Kier alpha value is -2.87. The third kappa shape index (κ3) is 2.00. The van der Waals surface area contributed by atoms with E-state index in [1.54, 1.807) is 12.4 Å². The molecule has 0 spiro atoms. The lowest BCUT2D eigenvalue weighted by atomic mass is 10.2. The summed E-state index contributed by atoms with van der Waals surface area (Å²) in [6.45, 7) is 1.91. The van der Waals surface area contributed by atoms with E-state index in [1.165, 1.54) is 0 Å². The maximum atomic E-state index is 9.28. The van der Waals surface area contributed by atoms with Crippen LogP contribution in [0.25, 0.3) is 22.7 Å². The zero-order valence-electron chi connectivity index (χ0n) is 10.3. The Balaban J connectivity index is 2.10. The predicted molar refractivity (Wildman–Crippen MR) is 72.9 cm³/mol. The fourth-order valence-electron chi connectivity index (χ4n) is 1.89. The summed E-state index contributed by atoms with van der Waals surface area (Å²) >= 11 is 0. The molecule has 0 unspecified atom stereocenters. The van der Waals surface area contributed by atoms with Gasteiger partial charge in [-0.2, -0.15) is 5.26 Å². The molecule has 0 amide bonds. The number of benzene rings is 1. The van der Waals surface area contributed by atoms with Gasteiger partial charge in [-0.25, -0.2) is 9.97 Å². The van der Waals surface area contributed by atoms with Crippen LogP contribution < -0.4 is 0 Å². The molecule has 2 aromatic heterocycles. The topological polar surface area (TPSA) is 81.2 Å². The molecule has 0 aliphatic heterocycles. The van der Waals surface area contributed by atoms with Crippen LogP contribution in [0.4, 0.5) is 0 Å². The summed E-state index contributed by atoms with van der Waals surface area (Å²) < 4.78 is 0. The Kier molecular flexibility index (Phi) is 2.62. The van der Waals surface area contributed by atoms with Gasteiger partial charge in [0.15, 0.2) is 0 Å². The lowest BCUT2D eigenvalue weighted by Gasteiger charge is -1.93. The lowest BCUT2D eigenvalue weighted by Crippen LogP contribution is -1.86. The summed E-state index contributed by atoms with van der Waals surface area (Å²) in [5.41, 5.74) is 3.89. The van der Waals surface area contributed by atoms with Gasteiger partial charge >= 0.3 is 0 Å². The number of nitriles is 1. The Labute approximate surface area is 109 Å². The van der Waals surface area contributed by atoms with Crippen molar-refractivity contribution in [2.75, 3.05) is 0 Å². The van der Waals surface area contributed by atoms with E-state index in [2.05, 4.69) is 26.0 Å². The first-order valence-corrected chi connectivity index (χ1v) is 5.85. The summed E-state index contributed by atoms with van der Waals surface area (Å²) in [5.74, 6) is 0.561. The molecule has 0 atom stereocenters. The quantitative estimate of drug-likeness (QED) is 0.685. The van der Waals surface area contributed by atoms with Gasteiger partial charge in [0.1, 0.15) is 11.9 Å². The summed E-state index contributed by atoms with van der Waals surface area (Å²) in [6.07, 6.45) is 3.33. The molecule has 92 valence electrons. The second-order valence-corrected chi connectivity index (χ2v) is 4.19. The van der Waals surface area contributed by atoms with Crippen LogP contribution in [0.15, 0.2) is 30.6 Å². The third-order valence-corrected chi connectivity index (χ3v) is 2.91. The lowest BCUT2D eigenvalue weighted by molar-refractivity contribution is 1.25. The Morgan fingerprint density at radius 3 is 2.89 bits per heavy atom. The van der Waals surface area contributed by atoms with E-state index >= 15 is 0 Å². The van der Waals surface area contributed by atoms with Gasteiger partial charge in [-0.05, 0) is 25.1 Å². The fourth-order valence-corrected chi connectivity index (χ4v) is 1.89. The van der Waals surface area contributed by atoms with Crippen molar-refractivity contribution in [1.29, 1.82) is 5.26 Å². The number of aryl methyl sites for hydroxylation is 1. The van der Waals surface area contributed by atoms with Crippen LogP contribution in [-0.2, 0) is 0 Å². The van der Waals surface area contributed by atoms with E-state index in [1.807, 2.05) is 31.2 Å². The van der Waals surface area contributed by atoms with E-state index in [-0.39, 0.29) is 0 Å². The number of hydrogen-bond acceptors (Lipinski definition) is 3. The number of H-pyrrole nitrogens is 2. The summed E-state index contributed by atoms with van der Waals surface area (Å²) in [4.78, 5) is 14.7. The molecule has 0 bridgehead atoms. The molecule has 2 heterocycles. The number of aromatic nitrogens is 4. The normalized spacial score (nSPS) is 11.7. The minimum Gasteiger partial charge on any atom is -0.348 e. The van der Waals surface area contributed by atoms with Crippen LogP contribution in [0.3, 0.4) is 0 Å². The summed E-state index contributed by atoms with van der Waals surface area (Å²) in [6, 6.07) is 9.84. The number of fused-ring (bicyclic) bond motifs is 1. The highest BCUT2D eigenvalue weighted by atomic mass is 14.9. The van der Waals surface area contributed by atoms with Gasteiger partial charge in [0.2, 0.25) is 0 Å². The van der Waals surface area contributed by atoms with Crippen LogP contribution in [0.1, 0.15) is 17.2 Å². The highest BCUT2D eigenvalue weighted by Gasteiger charge is 2.08. The first-order chi connectivity index (χ1) is 9.28. The van der Waals surface area contributed by atoms with E-state index in [4.69, 9.17) is 0 Å². The van der Waals surface area contributed by atoms with Crippen molar-refractivity contribution in [2.45, 2.75) is 6.92 Å². The van der Waals surface area contributed by atoms with Crippen LogP contribution in [0.2, 0.25) is 0 Å². The first-order valence-electron chi connectivity index (χ1n) is 5.85. The SMILES string of the molecule is Cc1[nH]cnc1C=C(C#N)c1nc2ccccc2[nH]1. The van der Waals surface area contributed by atoms with Gasteiger partial charge in [0, 0.05) is 5.69 Å². The molecule has 0 radical (unpaired) electrons. The zero-order valence-corrected chi connectivity index (χ0v) is 10.3. The number of imidazole rings is 2. The number of nitrogens with one attached hydrogen (secondary N) is 2. The van der Waals surface area contributed by atoms with E-state index in [0.29, 0.717) is 11.4 Å². The third-order valence-electron chi connectivity index (χ3n) is 2.91. The molecule has 0 fully saturated rings. The van der Waals surface area contributed by atoms with Gasteiger partial charge < -0.3 is 9.97 Å². The fraction of sp³-hybridized carbons (Fsp3) is 0.0714. The molecule has 3 rings (SSSR count). The second kappa shape index (κ2) is 4.42. The van der Waals surface area contributed by atoms with Gasteiger partial charge in [0.25, 0.3) is 0 Å². The highest BCUT2D eigenvalue weighted by Crippen LogP contribution is 2.19. The number of allylic oxidation sites excluding steroid dienone is 1. The molecule has 0 aliphatic rings. The maximum absolute atomic E-state index is 9.28. The number of aromatic amines is 2. The molecular weight excluding hydrogens is 238 g/mol. The molecule has 0 aliphatic carbocycles. The van der Waals surface area contributed by atoms with Gasteiger partial charge in [-0.3, -0.25) is 0 Å². The summed E-state index contributed by atoms with van der Waals surface area (Å²) in [5, 5.41) is 9.28. The van der Waals surface area contributed by atoms with Crippen molar-refractivity contribution < 1.29 is 0 Å². The first kappa shape index (κ1) is 11.2. The maximum Gasteiger partial charge on any atom is 0.149 e. The smallest absolute Gasteiger partial charge is 0.149 e. The van der Waals surface area contributed by atoms with Crippen molar-refractivity contribution in [3.05, 3.63) is 47.8 Å². The number of rotatable bonds is 2. The molecular formula is C14H11N5. The molecule has 0 saturated carbocycles. The monoisotopic (exact) mass is 249 g/mol. The average molecular weight is 249 g/mol. The van der Waals surface area contributed by atoms with Gasteiger partial charge in [0.05, 0.1) is 28.6 Å². The van der Waals surface area contributed by atoms with Crippen molar-refractivity contribution in [2.24, 2.45) is 0 Å². The van der Waals surface area contributed by atoms with Crippen molar-refractivity contribution in [1.82, 2.24) is 19.9 Å². The molecule has 19 heavy (non-hydrogen) atoms. The summed E-state index contributed by atoms with van der Waals surface area (Å²) in [7, 11) is 0. The average Bonchev–Trinajstić information content (AvgIpc) is 3.02. The Morgan fingerprint density at radius 1 is 1.37 bits per heavy atom. The van der Waals surface area contributed by atoms with Crippen LogP contribution >= 0.6 is 0 Å². The minimum atomic E-state index is 0.464. The Bertz CT molecular complexity index is 767. The molecule has 5 heteroatoms. The highest BCUT2D eigenvalue weighted by molar-refractivity contribution is 5.89. The van der Waals surface area contributed by atoms with E-state index < -0.39 is 0 Å². The number of hydrogen-bond donors (Lipinski definition) is 2. The van der Waals surface area contributed by atoms with Gasteiger partial charge in [-0.15, -0.1) is 0 Å². The molecule has 3 aromatic rings. The second-order valence-electron chi connectivity index (χ2n) is 4.19. The predicted octanol–water partition coefficient (Wildman–Crippen LogP) is 2.66. The van der Waals surface area contributed by atoms with Crippen molar-refractivity contribution in [3.63, 3.8) is 0 Å².